The van der Waals surface area contributed by atoms with E-state index in [0.717, 1.165) is 10.0 Å². The lowest BCUT2D eigenvalue weighted by Gasteiger charge is -2.09. The Morgan fingerprint density at radius 2 is 1.83 bits per heavy atom. The highest BCUT2D eigenvalue weighted by Gasteiger charge is 2.08. The van der Waals surface area contributed by atoms with Gasteiger partial charge in [0, 0.05) is 31.2 Å². The molecule has 0 spiro atoms. The Morgan fingerprint density at radius 3 is 2.53 bits per heavy atom. The number of rotatable bonds is 6. The van der Waals surface area contributed by atoms with Crippen LogP contribution in [0, 0.1) is 0 Å². The summed E-state index contributed by atoms with van der Waals surface area (Å²) in [5, 5.41) is 15.0. The van der Waals surface area contributed by atoms with Gasteiger partial charge in [0.25, 0.3) is 5.91 Å². The molecule has 0 aliphatic rings. The lowest BCUT2D eigenvalue weighted by atomic mass is 10.2. The molecule has 0 saturated heterocycles. The molecule has 0 aliphatic heterocycles. The summed E-state index contributed by atoms with van der Waals surface area (Å²) >= 11 is 18.6. The van der Waals surface area contributed by atoms with E-state index in [1.54, 1.807) is 54.6 Å². The van der Waals surface area contributed by atoms with Gasteiger partial charge in [0.05, 0.1) is 10.7 Å². The number of phenolic OH excluding ortho intramolecular Hbond substituents is 1. The van der Waals surface area contributed by atoms with Gasteiger partial charge in [-0.1, -0.05) is 45.2 Å². The quantitative estimate of drug-likeness (QED) is 0.259. The van der Waals surface area contributed by atoms with Crippen molar-refractivity contribution in [2.45, 2.75) is 6.61 Å². The van der Waals surface area contributed by atoms with Crippen molar-refractivity contribution in [3.63, 3.8) is 0 Å². The van der Waals surface area contributed by atoms with E-state index in [0.29, 0.717) is 31.4 Å². The molecule has 0 atom stereocenters. The van der Waals surface area contributed by atoms with Crippen LogP contribution < -0.4 is 10.2 Å². The molecule has 9 heteroatoms. The molecule has 3 aromatic rings. The number of hydrogen-bond donors (Lipinski definition) is 2. The number of nitrogens with one attached hydrogen (secondary N) is 1. The second-order valence-electron chi connectivity index (χ2n) is 6.07. The van der Waals surface area contributed by atoms with Crippen molar-refractivity contribution in [3.05, 3.63) is 90.3 Å². The summed E-state index contributed by atoms with van der Waals surface area (Å²) in [4.78, 5) is 12.2. The zero-order valence-electron chi connectivity index (χ0n) is 15.2. The van der Waals surface area contributed by atoms with Crippen LogP contribution >= 0.6 is 55.1 Å². The number of aromatic hydroxyl groups is 1. The van der Waals surface area contributed by atoms with Gasteiger partial charge >= 0.3 is 0 Å². The topological polar surface area (TPSA) is 70.9 Å². The van der Waals surface area contributed by atoms with Crippen molar-refractivity contribution in [1.82, 2.24) is 5.43 Å². The fraction of sp³-hybridized carbons (Fsp3) is 0.0476. The summed E-state index contributed by atoms with van der Waals surface area (Å²) in [6.45, 7) is 0.275. The predicted molar refractivity (Wildman–Crippen MR) is 126 cm³/mol. The van der Waals surface area contributed by atoms with Crippen LogP contribution in [0.4, 0.5) is 0 Å². The van der Waals surface area contributed by atoms with E-state index in [-0.39, 0.29) is 12.4 Å². The molecular weight excluding hydrogens is 559 g/mol. The minimum atomic E-state index is -0.396. The first-order valence-electron chi connectivity index (χ1n) is 8.51. The van der Waals surface area contributed by atoms with E-state index in [1.165, 1.54) is 6.21 Å². The third kappa shape index (κ3) is 5.98. The highest BCUT2D eigenvalue weighted by atomic mass is 79.9. The van der Waals surface area contributed by atoms with E-state index in [9.17, 15) is 9.90 Å². The predicted octanol–water partition coefficient (Wildman–Crippen LogP) is 6.57. The average Bonchev–Trinajstić information content (AvgIpc) is 2.71. The maximum Gasteiger partial charge on any atom is 0.271 e. The number of nitrogens with zero attached hydrogens (tertiary/aromatic N) is 1. The Kier molecular flexibility index (Phi) is 7.77. The van der Waals surface area contributed by atoms with Crippen LogP contribution in [0.25, 0.3) is 0 Å². The normalized spacial score (nSPS) is 10.9. The first kappa shape index (κ1) is 22.6. The number of carbonyl (C=O) groups is 1. The lowest BCUT2D eigenvalue weighted by molar-refractivity contribution is 0.0955. The molecule has 0 aromatic heterocycles. The summed E-state index contributed by atoms with van der Waals surface area (Å²) in [6, 6.07) is 15.2. The molecule has 0 unspecified atom stereocenters. The number of ether oxygens (including phenoxy) is 1. The molecule has 0 heterocycles. The monoisotopic (exact) mass is 570 g/mol. The number of halogens is 4. The third-order valence-electron chi connectivity index (χ3n) is 3.95. The Balaban J connectivity index is 1.58. The van der Waals surface area contributed by atoms with Crippen molar-refractivity contribution in [3.8, 4) is 11.5 Å². The molecule has 30 heavy (non-hydrogen) atoms. The highest BCUT2D eigenvalue weighted by Crippen LogP contribution is 2.30. The molecule has 0 aliphatic carbocycles. The van der Waals surface area contributed by atoms with E-state index >= 15 is 0 Å². The van der Waals surface area contributed by atoms with Crippen LogP contribution in [0.2, 0.25) is 10.0 Å². The first-order chi connectivity index (χ1) is 14.3. The molecule has 0 radical (unpaired) electrons. The summed E-state index contributed by atoms with van der Waals surface area (Å²) < 4.78 is 6.97. The molecule has 5 nitrogen and oxygen atoms in total. The Labute approximate surface area is 199 Å². The zero-order chi connectivity index (χ0) is 21.7. The molecule has 0 fully saturated rings. The summed E-state index contributed by atoms with van der Waals surface area (Å²) in [5.74, 6) is 0.218. The van der Waals surface area contributed by atoms with E-state index in [1.807, 2.05) is 0 Å². The van der Waals surface area contributed by atoms with Gasteiger partial charge in [-0.3, -0.25) is 4.79 Å². The summed E-state index contributed by atoms with van der Waals surface area (Å²) in [6.07, 6.45) is 1.36. The van der Waals surface area contributed by atoms with Gasteiger partial charge in [-0.05, 0) is 64.5 Å². The fourth-order valence-corrected chi connectivity index (χ4v) is 4.13. The summed E-state index contributed by atoms with van der Waals surface area (Å²) in [5.41, 5.74) is 4.08. The molecule has 1 amide bonds. The molecule has 0 saturated carbocycles. The maximum absolute atomic E-state index is 12.2. The van der Waals surface area contributed by atoms with Gasteiger partial charge in [-0.25, -0.2) is 5.43 Å². The number of amides is 1. The molecule has 0 bridgehead atoms. The van der Waals surface area contributed by atoms with Crippen molar-refractivity contribution in [1.29, 1.82) is 0 Å². The van der Waals surface area contributed by atoms with E-state index in [4.69, 9.17) is 27.9 Å². The SMILES string of the molecule is O=C(N/N=C\c1cc(Br)cc(Br)c1O)c1ccc(OCc2ccc(Cl)cc2Cl)cc1. The number of phenols is 1. The van der Waals surface area contributed by atoms with Gasteiger partial charge in [-0.15, -0.1) is 0 Å². The molecule has 3 aromatic carbocycles. The van der Waals surface area contributed by atoms with Crippen LogP contribution in [-0.4, -0.2) is 17.2 Å². The maximum atomic E-state index is 12.2. The molecule has 3 rings (SSSR count). The van der Waals surface area contributed by atoms with Crippen molar-refractivity contribution < 1.29 is 14.6 Å². The molecular formula is C21H14Br2Cl2N2O3. The van der Waals surface area contributed by atoms with E-state index in [2.05, 4.69) is 42.4 Å². The van der Waals surface area contributed by atoms with Crippen molar-refractivity contribution >= 4 is 67.2 Å². The zero-order valence-corrected chi connectivity index (χ0v) is 19.9. The van der Waals surface area contributed by atoms with Crippen molar-refractivity contribution in [2.24, 2.45) is 5.10 Å². The van der Waals surface area contributed by atoms with Crippen LogP contribution in [0.1, 0.15) is 21.5 Å². The van der Waals surface area contributed by atoms with Crippen LogP contribution in [0.3, 0.4) is 0 Å². The van der Waals surface area contributed by atoms with Gasteiger partial charge in [0.2, 0.25) is 0 Å². The van der Waals surface area contributed by atoms with E-state index < -0.39 is 5.91 Å². The van der Waals surface area contributed by atoms with Crippen LogP contribution in [0.15, 0.2) is 68.6 Å². The Bertz CT molecular complexity index is 1110. The smallest absolute Gasteiger partial charge is 0.271 e. The summed E-state index contributed by atoms with van der Waals surface area (Å²) in [7, 11) is 0. The molecule has 2 N–H and O–H groups in total. The van der Waals surface area contributed by atoms with Gasteiger partial charge in [-0.2, -0.15) is 5.10 Å². The van der Waals surface area contributed by atoms with Crippen LogP contribution in [-0.2, 0) is 6.61 Å². The fourth-order valence-electron chi connectivity index (χ4n) is 2.41. The Hall–Kier alpha value is -2.06. The standard InChI is InChI=1S/C21H14Br2Cl2N2O3/c22-15-7-14(20(28)18(23)8-15)10-26-27-21(29)12-2-5-17(6-3-12)30-11-13-1-4-16(24)9-19(13)25/h1-10,28H,11H2,(H,27,29)/b26-10-. The minimum Gasteiger partial charge on any atom is -0.506 e. The second kappa shape index (κ2) is 10.3. The van der Waals surface area contributed by atoms with Gasteiger partial charge < -0.3 is 9.84 Å². The minimum absolute atomic E-state index is 0.0264. The van der Waals surface area contributed by atoms with Crippen molar-refractivity contribution in [2.75, 3.05) is 0 Å². The second-order valence-corrected chi connectivity index (χ2v) is 8.69. The number of hydrogen-bond acceptors (Lipinski definition) is 4. The van der Waals surface area contributed by atoms with Gasteiger partial charge in [0.1, 0.15) is 18.1 Å². The van der Waals surface area contributed by atoms with Gasteiger partial charge in [0.15, 0.2) is 0 Å². The number of benzene rings is 3. The third-order valence-corrected chi connectivity index (χ3v) is 5.60. The number of hydrazone groups is 1. The highest BCUT2D eigenvalue weighted by molar-refractivity contribution is 9.11. The Morgan fingerprint density at radius 1 is 1.10 bits per heavy atom. The number of carbonyl (C=O) groups excluding carboxylic acids is 1. The average molecular weight is 573 g/mol. The largest absolute Gasteiger partial charge is 0.506 e. The molecule has 154 valence electrons. The van der Waals surface area contributed by atoms with Crippen LogP contribution in [0.5, 0.6) is 11.5 Å². The lowest BCUT2D eigenvalue weighted by Crippen LogP contribution is -2.17. The first-order valence-corrected chi connectivity index (χ1v) is 10.9.